The first kappa shape index (κ1) is 12.4. The average Bonchev–Trinajstić information content (AvgIpc) is 2.93. The van der Waals surface area contributed by atoms with Gasteiger partial charge in [0, 0.05) is 17.3 Å². The quantitative estimate of drug-likeness (QED) is 0.676. The van der Waals surface area contributed by atoms with Gasteiger partial charge in [0.25, 0.3) is 0 Å². The van der Waals surface area contributed by atoms with Gasteiger partial charge in [-0.15, -0.1) is 10.2 Å². The molecule has 2 aromatic carbocycles. The van der Waals surface area contributed by atoms with E-state index in [1.165, 1.54) is 10.8 Å². The van der Waals surface area contributed by atoms with Crippen LogP contribution in [0, 0.1) is 0 Å². The van der Waals surface area contributed by atoms with Crippen molar-refractivity contribution in [2.75, 3.05) is 5.33 Å². The lowest BCUT2D eigenvalue weighted by Crippen LogP contribution is -1.85. The summed E-state index contributed by atoms with van der Waals surface area (Å²) in [6.07, 6.45) is 1.81. The Kier molecular flexibility index (Phi) is 3.60. The SMILES string of the molecule is BrCCCc1nnc(-c2ccc3ccccc3c2)o1. The van der Waals surface area contributed by atoms with Crippen LogP contribution in [0.5, 0.6) is 0 Å². The van der Waals surface area contributed by atoms with Gasteiger partial charge in [0.05, 0.1) is 0 Å². The highest BCUT2D eigenvalue weighted by molar-refractivity contribution is 9.09. The first-order chi connectivity index (χ1) is 9.36. The molecule has 0 atom stereocenters. The molecule has 3 nitrogen and oxygen atoms in total. The van der Waals surface area contributed by atoms with E-state index in [1.54, 1.807) is 0 Å². The molecule has 4 heteroatoms. The fourth-order valence-corrected chi connectivity index (χ4v) is 2.29. The molecule has 0 aliphatic carbocycles. The number of rotatable bonds is 4. The Labute approximate surface area is 119 Å². The van der Waals surface area contributed by atoms with Gasteiger partial charge in [0.2, 0.25) is 11.8 Å². The minimum absolute atomic E-state index is 0.593. The largest absolute Gasteiger partial charge is 0.421 e. The molecule has 0 aliphatic heterocycles. The highest BCUT2D eigenvalue weighted by Gasteiger charge is 2.08. The molecule has 1 aromatic heterocycles. The van der Waals surface area contributed by atoms with Gasteiger partial charge in [-0.3, -0.25) is 0 Å². The van der Waals surface area contributed by atoms with E-state index in [-0.39, 0.29) is 0 Å². The molecule has 3 aromatic rings. The summed E-state index contributed by atoms with van der Waals surface area (Å²) in [6.45, 7) is 0. The van der Waals surface area contributed by atoms with Gasteiger partial charge in [-0.05, 0) is 29.3 Å². The van der Waals surface area contributed by atoms with Gasteiger partial charge in [-0.2, -0.15) is 0 Å². The Morgan fingerprint density at radius 2 is 1.84 bits per heavy atom. The monoisotopic (exact) mass is 316 g/mol. The van der Waals surface area contributed by atoms with Crippen LogP contribution in [-0.2, 0) is 6.42 Å². The average molecular weight is 317 g/mol. The fourth-order valence-electron chi connectivity index (χ4n) is 2.01. The van der Waals surface area contributed by atoms with Crippen LogP contribution in [0.15, 0.2) is 46.9 Å². The summed E-state index contributed by atoms with van der Waals surface area (Å²) < 4.78 is 5.68. The number of benzene rings is 2. The van der Waals surface area contributed by atoms with E-state index < -0.39 is 0 Å². The molecule has 0 bridgehead atoms. The van der Waals surface area contributed by atoms with E-state index in [1.807, 2.05) is 18.2 Å². The van der Waals surface area contributed by atoms with Crippen LogP contribution in [0.25, 0.3) is 22.2 Å². The summed E-state index contributed by atoms with van der Waals surface area (Å²) in [5.74, 6) is 1.29. The van der Waals surface area contributed by atoms with Crippen LogP contribution in [0.3, 0.4) is 0 Å². The molecule has 0 radical (unpaired) electrons. The summed E-state index contributed by atoms with van der Waals surface area (Å²) in [4.78, 5) is 0. The number of aromatic nitrogens is 2. The van der Waals surface area contributed by atoms with Crippen molar-refractivity contribution in [1.82, 2.24) is 10.2 Å². The number of alkyl halides is 1. The predicted molar refractivity (Wildman–Crippen MR) is 79.4 cm³/mol. The molecule has 0 saturated carbocycles. The van der Waals surface area contributed by atoms with Crippen molar-refractivity contribution in [3.8, 4) is 11.5 Å². The third kappa shape index (κ3) is 2.68. The summed E-state index contributed by atoms with van der Waals surface area (Å²) in [6, 6.07) is 14.4. The highest BCUT2D eigenvalue weighted by Crippen LogP contribution is 2.23. The topological polar surface area (TPSA) is 38.9 Å². The molecule has 0 unspecified atom stereocenters. The second-order valence-electron chi connectivity index (χ2n) is 4.36. The predicted octanol–water partition coefficient (Wildman–Crippen LogP) is 4.22. The fraction of sp³-hybridized carbons (Fsp3) is 0.200. The van der Waals surface area contributed by atoms with Crippen molar-refractivity contribution in [3.63, 3.8) is 0 Å². The van der Waals surface area contributed by atoms with Crippen molar-refractivity contribution < 1.29 is 4.42 Å². The maximum atomic E-state index is 5.68. The molecule has 0 aliphatic rings. The first-order valence-corrected chi connectivity index (χ1v) is 7.36. The molecule has 0 spiro atoms. The van der Waals surface area contributed by atoms with Crippen LogP contribution >= 0.6 is 15.9 Å². The summed E-state index contributed by atoms with van der Waals surface area (Å²) >= 11 is 3.40. The second kappa shape index (κ2) is 5.53. The van der Waals surface area contributed by atoms with Crippen LogP contribution < -0.4 is 0 Å². The smallest absolute Gasteiger partial charge is 0.247 e. The lowest BCUT2D eigenvalue weighted by atomic mass is 10.1. The normalized spacial score (nSPS) is 11.0. The molecule has 0 amide bonds. The zero-order chi connectivity index (χ0) is 13.1. The van der Waals surface area contributed by atoms with Gasteiger partial charge in [0.15, 0.2) is 0 Å². The van der Waals surface area contributed by atoms with Crippen LogP contribution in [0.1, 0.15) is 12.3 Å². The van der Waals surface area contributed by atoms with Crippen molar-refractivity contribution in [3.05, 3.63) is 48.4 Å². The van der Waals surface area contributed by atoms with Crippen molar-refractivity contribution in [2.24, 2.45) is 0 Å². The number of fused-ring (bicyclic) bond motifs is 1. The Morgan fingerprint density at radius 3 is 2.68 bits per heavy atom. The minimum Gasteiger partial charge on any atom is -0.421 e. The van der Waals surface area contributed by atoms with Crippen molar-refractivity contribution in [1.29, 1.82) is 0 Å². The van der Waals surface area contributed by atoms with Crippen molar-refractivity contribution >= 4 is 26.7 Å². The van der Waals surface area contributed by atoms with E-state index in [9.17, 15) is 0 Å². The van der Waals surface area contributed by atoms with Gasteiger partial charge in [-0.1, -0.05) is 46.3 Å². The van der Waals surface area contributed by atoms with E-state index in [2.05, 4.69) is 50.4 Å². The van der Waals surface area contributed by atoms with Gasteiger partial charge >= 0.3 is 0 Å². The summed E-state index contributed by atoms with van der Waals surface area (Å²) in [7, 11) is 0. The number of aryl methyl sites for hydroxylation is 1. The third-order valence-electron chi connectivity index (χ3n) is 2.99. The molecule has 0 N–H and O–H groups in total. The first-order valence-electron chi connectivity index (χ1n) is 6.24. The Hall–Kier alpha value is -1.68. The molecular formula is C15H13BrN2O. The van der Waals surface area contributed by atoms with Gasteiger partial charge in [-0.25, -0.2) is 0 Å². The van der Waals surface area contributed by atoms with Crippen LogP contribution in [-0.4, -0.2) is 15.5 Å². The lowest BCUT2D eigenvalue weighted by Gasteiger charge is -1.99. The Balaban J connectivity index is 1.92. The number of nitrogens with zero attached hydrogens (tertiary/aromatic N) is 2. The highest BCUT2D eigenvalue weighted by atomic mass is 79.9. The maximum Gasteiger partial charge on any atom is 0.247 e. The number of hydrogen-bond acceptors (Lipinski definition) is 3. The molecule has 0 saturated heterocycles. The van der Waals surface area contributed by atoms with E-state index in [4.69, 9.17) is 4.42 Å². The molecule has 96 valence electrons. The van der Waals surface area contributed by atoms with Crippen LogP contribution in [0.2, 0.25) is 0 Å². The Morgan fingerprint density at radius 1 is 1.00 bits per heavy atom. The second-order valence-corrected chi connectivity index (χ2v) is 5.15. The lowest BCUT2D eigenvalue weighted by molar-refractivity contribution is 0.503. The van der Waals surface area contributed by atoms with E-state index in [0.29, 0.717) is 11.8 Å². The summed E-state index contributed by atoms with van der Waals surface area (Å²) in [5.41, 5.74) is 0.969. The Bertz CT molecular complexity index is 693. The summed E-state index contributed by atoms with van der Waals surface area (Å²) in [5, 5.41) is 11.5. The zero-order valence-corrected chi connectivity index (χ0v) is 11.9. The molecule has 3 rings (SSSR count). The molecule has 0 fully saturated rings. The van der Waals surface area contributed by atoms with E-state index in [0.717, 1.165) is 23.7 Å². The minimum atomic E-state index is 0.593. The number of hydrogen-bond donors (Lipinski definition) is 0. The van der Waals surface area contributed by atoms with Gasteiger partial charge < -0.3 is 4.42 Å². The number of halogens is 1. The van der Waals surface area contributed by atoms with Gasteiger partial charge in [0.1, 0.15) is 0 Å². The standard InChI is InChI=1S/C15H13BrN2O/c16-9-3-6-14-17-18-15(19-14)13-8-7-11-4-1-2-5-12(11)10-13/h1-2,4-5,7-8,10H,3,6,9H2. The van der Waals surface area contributed by atoms with E-state index >= 15 is 0 Å². The molecule has 1 heterocycles. The maximum absolute atomic E-state index is 5.68. The molecule has 19 heavy (non-hydrogen) atoms. The van der Waals surface area contributed by atoms with Crippen molar-refractivity contribution in [2.45, 2.75) is 12.8 Å². The third-order valence-corrected chi connectivity index (χ3v) is 3.55. The molecular weight excluding hydrogens is 304 g/mol. The van der Waals surface area contributed by atoms with Crippen LogP contribution in [0.4, 0.5) is 0 Å². The zero-order valence-electron chi connectivity index (χ0n) is 10.3.